The zero-order valence-corrected chi connectivity index (χ0v) is 15.8. The second-order valence-electron chi connectivity index (χ2n) is 7.63. The molecule has 25 heavy (non-hydrogen) atoms. The number of ether oxygens (including phenoxy) is 2. The van der Waals surface area contributed by atoms with Gasteiger partial charge in [-0.15, -0.1) is 0 Å². The Morgan fingerprint density at radius 3 is 2.80 bits per heavy atom. The molecule has 5 heteroatoms. The molecular weight excluding hydrogens is 316 g/mol. The van der Waals surface area contributed by atoms with Crippen molar-refractivity contribution in [3.8, 4) is 11.5 Å². The van der Waals surface area contributed by atoms with Crippen molar-refractivity contribution in [2.45, 2.75) is 51.9 Å². The van der Waals surface area contributed by atoms with Gasteiger partial charge in [0, 0.05) is 30.6 Å². The van der Waals surface area contributed by atoms with Gasteiger partial charge < -0.3 is 24.8 Å². The smallest absolute Gasteiger partial charge is 0.127 e. The minimum atomic E-state index is -0.229. The van der Waals surface area contributed by atoms with Gasteiger partial charge in [-0.1, -0.05) is 0 Å². The minimum absolute atomic E-state index is 0.229. The van der Waals surface area contributed by atoms with E-state index in [2.05, 4.69) is 29.3 Å². The number of aliphatic hydroxyl groups is 1. The molecular formula is C20H32N2O3. The lowest BCUT2D eigenvalue weighted by atomic mass is 9.96. The molecule has 1 fully saturated rings. The van der Waals surface area contributed by atoms with Gasteiger partial charge in [0.1, 0.15) is 17.6 Å². The summed E-state index contributed by atoms with van der Waals surface area (Å²) in [5.74, 6) is 2.68. The van der Waals surface area contributed by atoms with Crippen LogP contribution in [0.25, 0.3) is 0 Å². The molecule has 0 radical (unpaired) electrons. The largest absolute Gasteiger partial charge is 0.497 e. The molecule has 0 aliphatic carbocycles. The lowest BCUT2D eigenvalue weighted by molar-refractivity contribution is 0.0998. The molecule has 3 rings (SSSR count). The summed E-state index contributed by atoms with van der Waals surface area (Å²) in [4.78, 5) is 2.37. The van der Waals surface area contributed by atoms with E-state index in [4.69, 9.17) is 9.47 Å². The van der Waals surface area contributed by atoms with Crippen LogP contribution in [0.15, 0.2) is 12.1 Å². The third kappa shape index (κ3) is 4.87. The molecule has 2 heterocycles. The molecule has 0 aromatic heterocycles. The van der Waals surface area contributed by atoms with E-state index < -0.39 is 0 Å². The highest BCUT2D eigenvalue weighted by Crippen LogP contribution is 2.36. The summed E-state index contributed by atoms with van der Waals surface area (Å²) >= 11 is 0. The Labute approximate surface area is 151 Å². The van der Waals surface area contributed by atoms with Gasteiger partial charge >= 0.3 is 0 Å². The number of nitrogens with one attached hydrogen (secondary N) is 1. The highest BCUT2D eigenvalue weighted by atomic mass is 16.5. The lowest BCUT2D eigenvalue weighted by Crippen LogP contribution is -2.40. The third-order valence-electron chi connectivity index (χ3n) is 5.26. The Kier molecular flexibility index (Phi) is 6.20. The van der Waals surface area contributed by atoms with E-state index in [1.165, 1.54) is 24.0 Å². The maximum absolute atomic E-state index is 9.50. The third-order valence-corrected chi connectivity index (χ3v) is 5.26. The molecule has 1 saturated heterocycles. The molecule has 1 aromatic carbocycles. The average Bonchev–Trinajstić information content (AvgIpc) is 2.96. The van der Waals surface area contributed by atoms with Gasteiger partial charge in [0.2, 0.25) is 0 Å². The summed E-state index contributed by atoms with van der Waals surface area (Å²) in [6.45, 7) is 8.81. The molecule has 0 bridgehead atoms. The van der Waals surface area contributed by atoms with E-state index in [-0.39, 0.29) is 12.2 Å². The Balaban J connectivity index is 1.49. The zero-order chi connectivity index (χ0) is 17.8. The van der Waals surface area contributed by atoms with E-state index >= 15 is 0 Å². The van der Waals surface area contributed by atoms with Crippen LogP contribution in [0.5, 0.6) is 11.5 Å². The molecule has 2 atom stereocenters. The summed E-state index contributed by atoms with van der Waals surface area (Å²) in [7, 11) is 1.72. The van der Waals surface area contributed by atoms with Gasteiger partial charge in [0.05, 0.1) is 13.2 Å². The van der Waals surface area contributed by atoms with E-state index in [0.717, 1.165) is 50.6 Å². The highest BCUT2D eigenvalue weighted by Gasteiger charge is 2.24. The van der Waals surface area contributed by atoms with Crippen molar-refractivity contribution in [2.75, 3.05) is 33.3 Å². The molecule has 0 spiro atoms. The fourth-order valence-corrected chi connectivity index (χ4v) is 3.98. The molecule has 140 valence electrons. The number of rotatable bonds is 7. The van der Waals surface area contributed by atoms with Gasteiger partial charge in [-0.2, -0.15) is 0 Å². The first-order chi connectivity index (χ1) is 12.0. The van der Waals surface area contributed by atoms with Crippen molar-refractivity contribution >= 4 is 0 Å². The number of β-amino-alcohol motifs (C(OH)–C–C–N with tert-alkyl or cyclic N) is 1. The van der Waals surface area contributed by atoms with Crippen LogP contribution in [0.1, 0.15) is 37.8 Å². The van der Waals surface area contributed by atoms with Crippen LogP contribution in [0.4, 0.5) is 0 Å². The first-order valence-corrected chi connectivity index (χ1v) is 9.52. The maximum atomic E-state index is 9.50. The molecule has 0 saturated carbocycles. The average molecular weight is 348 g/mol. The summed E-state index contributed by atoms with van der Waals surface area (Å²) in [6.07, 6.45) is 3.38. The Hall–Kier alpha value is -1.30. The van der Waals surface area contributed by atoms with Gasteiger partial charge in [-0.05, 0) is 64.4 Å². The summed E-state index contributed by atoms with van der Waals surface area (Å²) in [5.41, 5.74) is 2.46. The van der Waals surface area contributed by atoms with E-state index in [0.29, 0.717) is 5.92 Å². The first-order valence-electron chi connectivity index (χ1n) is 9.52. The monoisotopic (exact) mass is 348 g/mol. The van der Waals surface area contributed by atoms with E-state index in [1.54, 1.807) is 7.11 Å². The zero-order valence-electron chi connectivity index (χ0n) is 15.8. The second-order valence-corrected chi connectivity index (χ2v) is 7.63. The molecule has 2 aliphatic rings. The van der Waals surface area contributed by atoms with E-state index in [1.807, 2.05) is 6.92 Å². The standard InChI is InChI=1S/C20H32N2O3/c1-14(23)13-22-6-4-16(5-7-22)11-21-12-18-10-19(24-3)9-17-8-15(2)25-20(17)18/h9-10,14-16,21,23H,4-8,11-13H2,1-3H3/t14-,15-/m0/s1. The van der Waals surface area contributed by atoms with Crippen LogP contribution in [-0.2, 0) is 13.0 Å². The number of fused-ring (bicyclic) bond motifs is 1. The van der Waals surface area contributed by atoms with Gasteiger partial charge in [0.15, 0.2) is 0 Å². The van der Waals surface area contributed by atoms with Crippen LogP contribution in [0, 0.1) is 5.92 Å². The molecule has 2 N–H and O–H groups in total. The van der Waals surface area contributed by atoms with Crippen molar-refractivity contribution in [1.29, 1.82) is 0 Å². The van der Waals surface area contributed by atoms with Crippen molar-refractivity contribution in [2.24, 2.45) is 5.92 Å². The maximum Gasteiger partial charge on any atom is 0.127 e. The van der Waals surface area contributed by atoms with Crippen LogP contribution in [0.3, 0.4) is 0 Å². The summed E-state index contributed by atoms with van der Waals surface area (Å²) in [5, 5.41) is 13.1. The SMILES string of the molecule is COc1cc(CNCC2CCN(C[C@H](C)O)CC2)c2c(c1)C[C@H](C)O2. The van der Waals surface area contributed by atoms with Crippen molar-refractivity contribution in [3.63, 3.8) is 0 Å². The van der Waals surface area contributed by atoms with Crippen LogP contribution in [0.2, 0.25) is 0 Å². The number of aliphatic hydroxyl groups excluding tert-OH is 1. The van der Waals surface area contributed by atoms with Gasteiger partial charge in [-0.25, -0.2) is 0 Å². The topological polar surface area (TPSA) is 54.0 Å². The van der Waals surface area contributed by atoms with Crippen molar-refractivity contribution in [1.82, 2.24) is 10.2 Å². The number of piperidine rings is 1. The fourth-order valence-electron chi connectivity index (χ4n) is 3.98. The predicted molar refractivity (Wildman–Crippen MR) is 99.3 cm³/mol. The van der Waals surface area contributed by atoms with Crippen molar-refractivity contribution in [3.05, 3.63) is 23.3 Å². The quantitative estimate of drug-likeness (QED) is 0.791. The van der Waals surface area contributed by atoms with Gasteiger partial charge in [0.25, 0.3) is 0 Å². The van der Waals surface area contributed by atoms with Crippen LogP contribution in [-0.4, -0.2) is 55.5 Å². The van der Waals surface area contributed by atoms with Crippen molar-refractivity contribution < 1.29 is 14.6 Å². The molecule has 5 nitrogen and oxygen atoms in total. The number of likely N-dealkylation sites (tertiary alicyclic amines) is 1. The number of nitrogens with zero attached hydrogens (tertiary/aromatic N) is 1. The molecule has 2 aliphatic heterocycles. The highest BCUT2D eigenvalue weighted by molar-refractivity contribution is 5.49. The Bertz CT molecular complexity index is 568. The minimum Gasteiger partial charge on any atom is -0.497 e. The number of methoxy groups -OCH3 is 1. The number of hydrogen-bond donors (Lipinski definition) is 2. The Morgan fingerprint density at radius 2 is 2.12 bits per heavy atom. The number of hydrogen-bond acceptors (Lipinski definition) is 5. The summed E-state index contributed by atoms with van der Waals surface area (Å²) < 4.78 is 11.5. The molecule has 0 amide bonds. The van der Waals surface area contributed by atoms with Gasteiger partial charge in [-0.3, -0.25) is 0 Å². The fraction of sp³-hybridized carbons (Fsp3) is 0.700. The lowest BCUT2D eigenvalue weighted by Gasteiger charge is -2.32. The van der Waals surface area contributed by atoms with Crippen LogP contribution < -0.4 is 14.8 Å². The van der Waals surface area contributed by atoms with Crippen LogP contribution >= 0.6 is 0 Å². The van der Waals surface area contributed by atoms with E-state index in [9.17, 15) is 5.11 Å². The second kappa shape index (κ2) is 8.39. The normalized spacial score (nSPS) is 22.5. The predicted octanol–water partition coefficient (Wildman–Crippen LogP) is 2.20. The summed E-state index contributed by atoms with van der Waals surface area (Å²) in [6, 6.07) is 4.19. The Morgan fingerprint density at radius 1 is 1.36 bits per heavy atom. The first kappa shape index (κ1) is 18.5. The number of benzene rings is 1. The molecule has 0 unspecified atom stereocenters. The molecule has 1 aromatic rings.